The molecule has 6 heteroatoms. The predicted molar refractivity (Wildman–Crippen MR) is 78.6 cm³/mol. The second-order valence-electron chi connectivity index (χ2n) is 4.57. The number of pyridine rings is 1. The number of esters is 1. The van der Waals surface area contributed by atoms with E-state index < -0.39 is 0 Å². The lowest BCUT2D eigenvalue weighted by Gasteiger charge is -2.04. The Morgan fingerprint density at radius 3 is 2.90 bits per heavy atom. The van der Waals surface area contributed by atoms with Gasteiger partial charge in [0.1, 0.15) is 0 Å². The molecule has 0 aromatic carbocycles. The second-order valence-corrected chi connectivity index (χ2v) is 5.01. The molecule has 0 aliphatic carbocycles. The van der Waals surface area contributed by atoms with Crippen LogP contribution in [0.4, 0.5) is 0 Å². The third-order valence-electron chi connectivity index (χ3n) is 3.11. The van der Waals surface area contributed by atoms with Gasteiger partial charge in [-0.05, 0) is 24.3 Å². The van der Waals surface area contributed by atoms with E-state index in [1.54, 1.807) is 30.9 Å². The summed E-state index contributed by atoms with van der Waals surface area (Å²) >= 11 is 5.95. The molecule has 3 aromatic heterocycles. The molecule has 3 heterocycles. The molecule has 0 aliphatic rings. The standard InChI is InChI=1S/C15H12ClN3O2/c1-21-15(20)10-2-3-17-12(4-10)6-13-7-14-5-11(16)8-19(14)9-18-13/h2-5,7-9H,6H2,1H3. The zero-order chi connectivity index (χ0) is 14.8. The van der Waals surface area contributed by atoms with Crippen molar-refractivity contribution in [1.82, 2.24) is 14.4 Å². The third-order valence-corrected chi connectivity index (χ3v) is 3.32. The lowest BCUT2D eigenvalue weighted by molar-refractivity contribution is 0.0600. The van der Waals surface area contributed by atoms with Crippen molar-refractivity contribution in [2.45, 2.75) is 6.42 Å². The van der Waals surface area contributed by atoms with Gasteiger partial charge in [0.05, 0.1) is 29.7 Å². The fourth-order valence-corrected chi connectivity index (χ4v) is 2.34. The van der Waals surface area contributed by atoms with Crippen LogP contribution >= 0.6 is 11.6 Å². The van der Waals surface area contributed by atoms with Crippen LogP contribution in [0.15, 0.2) is 43.0 Å². The molecule has 3 rings (SSSR count). The van der Waals surface area contributed by atoms with Crippen LogP contribution < -0.4 is 0 Å². The third kappa shape index (κ3) is 2.87. The summed E-state index contributed by atoms with van der Waals surface area (Å²) in [6.45, 7) is 0. The first-order chi connectivity index (χ1) is 10.2. The first-order valence-electron chi connectivity index (χ1n) is 6.31. The van der Waals surface area contributed by atoms with Crippen LogP contribution in [0.25, 0.3) is 5.52 Å². The molecule has 3 aromatic rings. The molecule has 0 amide bonds. The number of fused-ring (bicyclic) bond motifs is 1. The molecule has 0 atom stereocenters. The molecular formula is C15H12ClN3O2. The minimum Gasteiger partial charge on any atom is -0.465 e. The summed E-state index contributed by atoms with van der Waals surface area (Å²) in [6.07, 6.45) is 5.63. The highest BCUT2D eigenvalue weighted by atomic mass is 35.5. The molecule has 106 valence electrons. The van der Waals surface area contributed by atoms with Gasteiger partial charge in [-0.2, -0.15) is 0 Å². The van der Waals surface area contributed by atoms with E-state index in [1.165, 1.54) is 7.11 Å². The van der Waals surface area contributed by atoms with E-state index in [0.29, 0.717) is 17.0 Å². The maximum absolute atomic E-state index is 11.5. The fourth-order valence-electron chi connectivity index (χ4n) is 2.12. The number of hydrogen-bond donors (Lipinski definition) is 0. The van der Waals surface area contributed by atoms with Gasteiger partial charge in [-0.3, -0.25) is 4.98 Å². The van der Waals surface area contributed by atoms with Gasteiger partial charge in [-0.25, -0.2) is 9.78 Å². The van der Waals surface area contributed by atoms with Gasteiger partial charge in [-0.1, -0.05) is 11.6 Å². The van der Waals surface area contributed by atoms with Gasteiger partial charge in [0.2, 0.25) is 0 Å². The average Bonchev–Trinajstić information content (AvgIpc) is 2.86. The van der Waals surface area contributed by atoms with Crippen molar-refractivity contribution in [2.24, 2.45) is 0 Å². The highest BCUT2D eigenvalue weighted by molar-refractivity contribution is 6.31. The minimum absolute atomic E-state index is 0.375. The maximum atomic E-state index is 11.5. The lowest BCUT2D eigenvalue weighted by Crippen LogP contribution is -2.04. The largest absolute Gasteiger partial charge is 0.465 e. The molecule has 0 saturated heterocycles. The second kappa shape index (κ2) is 5.54. The van der Waals surface area contributed by atoms with E-state index in [9.17, 15) is 4.79 Å². The van der Waals surface area contributed by atoms with Crippen LogP contribution in [0.1, 0.15) is 21.7 Å². The zero-order valence-corrected chi connectivity index (χ0v) is 12.0. The molecule has 21 heavy (non-hydrogen) atoms. The summed E-state index contributed by atoms with van der Waals surface area (Å²) in [6, 6.07) is 7.14. The fraction of sp³-hybridized carbons (Fsp3) is 0.133. The number of nitrogens with zero attached hydrogens (tertiary/aromatic N) is 3. The molecule has 0 radical (unpaired) electrons. The van der Waals surface area contributed by atoms with E-state index >= 15 is 0 Å². The van der Waals surface area contributed by atoms with Crippen molar-refractivity contribution < 1.29 is 9.53 Å². The number of aromatic nitrogens is 3. The normalized spacial score (nSPS) is 10.8. The summed E-state index contributed by atoms with van der Waals surface area (Å²) in [5.41, 5.74) is 3.06. The minimum atomic E-state index is -0.375. The van der Waals surface area contributed by atoms with Crippen molar-refractivity contribution in [2.75, 3.05) is 7.11 Å². The molecule has 5 nitrogen and oxygen atoms in total. The highest BCUT2D eigenvalue weighted by Gasteiger charge is 2.08. The first kappa shape index (κ1) is 13.6. The molecule has 0 saturated carbocycles. The number of carbonyl (C=O) groups is 1. The maximum Gasteiger partial charge on any atom is 0.337 e. The Morgan fingerprint density at radius 1 is 1.29 bits per heavy atom. The molecule has 0 N–H and O–H groups in total. The summed E-state index contributed by atoms with van der Waals surface area (Å²) in [5.74, 6) is -0.375. The van der Waals surface area contributed by atoms with Crippen LogP contribution in [0.3, 0.4) is 0 Å². The number of hydrogen-bond acceptors (Lipinski definition) is 4. The van der Waals surface area contributed by atoms with E-state index in [-0.39, 0.29) is 5.97 Å². The molecule has 0 spiro atoms. The van der Waals surface area contributed by atoms with Crippen molar-refractivity contribution >= 4 is 23.1 Å². The van der Waals surface area contributed by atoms with Crippen molar-refractivity contribution in [1.29, 1.82) is 0 Å². The average molecular weight is 302 g/mol. The van der Waals surface area contributed by atoms with E-state index in [1.807, 2.05) is 16.5 Å². The summed E-state index contributed by atoms with van der Waals surface area (Å²) in [7, 11) is 1.36. The van der Waals surface area contributed by atoms with Gasteiger partial charge in [0, 0.05) is 30.0 Å². The smallest absolute Gasteiger partial charge is 0.337 e. The monoisotopic (exact) mass is 301 g/mol. The Bertz CT molecular complexity index is 814. The van der Waals surface area contributed by atoms with Crippen molar-refractivity contribution in [3.63, 3.8) is 0 Å². The number of methoxy groups -OCH3 is 1. The molecule has 0 unspecified atom stereocenters. The Hall–Kier alpha value is -2.40. The Morgan fingerprint density at radius 2 is 2.10 bits per heavy atom. The van der Waals surface area contributed by atoms with Crippen molar-refractivity contribution in [3.8, 4) is 0 Å². The van der Waals surface area contributed by atoms with Gasteiger partial charge in [0.15, 0.2) is 0 Å². The van der Waals surface area contributed by atoms with Crippen LogP contribution in [-0.2, 0) is 11.2 Å². The Labute approximate surface area is 126 Å². The van der Waals surface area contributed by atoms with E-state index in [4.69, 9.17) is 16.3 Å². The Kier molecular flexibility index (Phi) is 3.58. The van der Waals surface area contributed by atoms with Gasteiger partial charge in [-0.15, -0.1) is 0 Å². The van der Waals surface area contributed by atoms with Crippen LogP contribution in [-0.4, -0.2) is 27.4 Å². The van der Waals surface area contributed by atoms with E-state index in [2.05, 4.69) is 9.97 Å². The lowest BCUT2D eigenvalue weighted by atomic mass is 10.1. The highest BCUT2D eigenvalue weighted by Crippen LogP contribution is 2.16. The summed E-state index contributed by atoms with van der Waals surface area (Å²) in [5, 5.41) is 0.666. The number of ether oxygens (including phenoxy) is 1. The topological polar surface area (TPSA) is 56.5 Å². The van der Waals surface area contributed by atoms with Gasteiger partial charge in [0.25, 0.3) is 0 Å². The molecule has 0 bridgehead atoms. The molecule has 0 fully saturated rings. The van der Waals surface area contributed by atoms with Crippen molar-refractivity contribution in [3.05, 3.63) is 65.0 Å². The summed E-state index contributed by atoms with van der Waals surface area (Å²) in [4.78, 5) is 20.1. The van der Waals surface area contributed by atoms with Crippen LogP contribution in [0, 0.1) is 0 Å². The van der Waals surface area contributed by atoms with Crippen LogP contribution in [0.5, 0.6) is 0 Å². The molecule has 0 aliphatic heterocycles. The van der Waals surface area contributed by atoms with Crippen LogP contribution in [0.2, 0.25) is 5.02 Å². The zero-order valence-electron chi connectivity index (χ0n) is 11.3. The summed E-state index contributed by atoms with van der Waals surface area (Å²) < 4.78 is 6.55. The number of rotatable bonds is 3. The SMILES string of the molecule is COC(=O)c1ccnc(Cc2cc3cc(Cl)cn3cn2)c1. The number of halogens is 1. The Balaban J connectivity index is 1.89. The molecular weight excluding hydrogens is 290 g/mol. The number of carbonyl (C=O) groups excluding carboxylic acids is 1. The van der Waals surface area contributed by atoms with Gasteiger partial charge >= 0.3 is 5.97 Å². The van der Waals surface area contributed by atoms with Gasteiger partial charge < -0.3 is 9.14 Å². The van der Waals surface area contributed by atoms with E-state index in [0.717, 1.165) is 16.9 Å². The predicted octanol–water partition coefficient (Wildman–Crippen LogP) is 2.76. The quantitative estimate of drug-likeness (QED) is 0.698. The first-order valence-corrected chi connectivity index (χ1v) is 6.69.